The van der Waals surface area contributed by atoms with E-state index in [0.29, 0.717) is 30.6 Å². The summed E-state index contributed by atoms with van der Waals surface area (Å²) in [5.74, 6) is 0.714. The first-order valence-electron chi connectivity index (χ1n) is 8.62. The summed E-state index contributed by atoms with van der Waals surface area (Å²) in [6.07, 6.45) is 1.61. The van der Waals surface area contributed by atoms with E-state index in [1.165, 1.54) is 16.0 Å². The number of hydrogen-bond acceptors (Lipinski definition) is 4. The molecule has 1 aliphatic heterocycles. The molecule has 0 unspecified atom stereocenters. The lowest BCUT2D eigenvalue weighted by Gasteiger charge is -2.33. The first kappa shape index (κ1) is 18.5. The van der Waals surface area contributed by atoms with Gasteiger partial charge in [0.1, 0.15) is 10.9 Å². The summed E-state index contributed by atoms with van der Waals surface area (Å²) in [6.45, 7) is 4.13. The van der Waals surface area contributed by atoms with Gasteiger partial charge in [0.2, 0.25) is 0 Å². The van der Waals surface area contributed by atoms with Gasteiger partial charge in [0.05, 0.1) is 12.8 Å². The monoisotopic (exact) mass is 375 g/mol. The molecule has 1 saturated heterocycles. The zero-order chi connectivity index (χ0) is 18.4. The Morgan fingerprint density at radius 1 is 1.08 bits per heavy atom. The van der Waals surface area contributed by atoms with Crippen molar-refractivity contribution in [3.8, 4) is 5.75 Å². The van der Waals surface area contributed by atoms with Gasteiger partial charge in [-0.15, -0.1) is 0 Å². The molecular formula is C19H22ClN3O3. The number of carboxylic acid groups (broad SMARTS) is 1. The van der Waals surface area contributed by atoms with Crippen molar-refractivity contribution in [2.75, 3.05) is 32.8 Å². The molecule has 2 aromatic rings. The molecule has 26 heavy (non-hydrogen) atoms. The molecule has 1 fully saturated rings. The van der Waals surface area contributed by atoms with Crippen molar-refractivity contribution < 1.29 is 14.6 Å². The number of rotatable bonds is 6. The van der Waals surface area contributed by atoms with Crippen molar-refractivity contribution in [2.45, 2.75) is 13.0 Å². The highest BCUT2D eigenvalue weighted by molar-refractivity contribution is 6.29. The zero-order valence-corrected chi connectivity index (χ0v) is 15.2. The standard InChI is InChI=1S/C19H22ClN3O3/c20-18-6-5-17(13-21-18)26-12-7-15-1-3-16(4-2-15)14-22-8-10-23(11-9-22)19(24)25/h1-6,13H,7-12,14H2,(H,24,25). The summed E-state index contributed by atoms with van der Waals surface area (Å²) >= 11 is 5.75. The third kappa shape index (κ3) is 5.34. The first-order chi connectivity index (χ1) is 12.6. The normalized spacial score (nSPS) is 15.0. The van der Waals surface area contributed by atoms with Crippen LogP contribution >= 0.6 is 11.6 Å². The molecule has 2 heterocycles. The number of benzene rings is 1. The maximum absolute atomic E-state index is 10.9. The van der Waals surface area contributed by atoms with E-state index in [1.54, 1.807) is 12.3 Å². The third-order valence-electron chi connectivity index (χ3n) is 4.43. The van der Waals surface area contributed by atoms with Crippen LogP contribution < -0.4 is 4.74 Å². The fourth-order valence-electron chi connectivity index (χ4n) is 2.90. The maximum Gasteiger partial charge on any atom is 0.407 e. The fourth-order valence-corrected chi connectivity index (χ4v) is 3.01. The molecule has 6 nitrogen and oxygen atoms in total. The van der Waals surface area contributed by atoms with Crippen molar-refractivity contribution in [3.63, 3.8) is 0 Å². The summed E-state index contributed by atoms with van der Waals surface area (Å²) in [5.41, 5.74) is 2.45. The molecule has 138 valence electrons. The molecule has 1 aromatic heterocycles. The SMILES string of the molecule is O=C(O)N1CCN(Cc2ccc(CCOc3ccc(Cl)nc3)cc2)CC1. The van der Waals surface area contributed by atoms with Gasteiger partial charge in [-0.2, -0.15) is 0 Å². The van der Waals surface area contributed by atoms with E-state index >= 15 is 0 Å². The molecule has 1 amide bonds. The van der Waals surface area contributed by atoms with Gasteiger partial charge in [0.25, 0.3) is 0 Å². The van der Waals surface area contributed by atoms with Crippen molar-refractivity contribution >= 4 is 17.7 Å². The lowest BCUT2D eigenvalue weighted by Crippen LogP contribution is -2.47. The number of pyridine rings is 1. The molecule has 0 spiro atoms. The quantitative estimate of drug-likeness (QED) is 0.785. The Morgan fingerprint density at radius 3 is 2.38 bits per heavy atom. The van der Waals surface area contributed by atoms with Crippen LogP contribution in [0.2, 0.25) is 5.15 Å². The van der Waals surface area contributed by atoms with E-state index < -0.39 is 6.09 Å². The number of amides is 1. The second kappa shape index (κ2) is 8.87. The van der Waals surface area contributed by atoms with Crippen LogP contribution in [0.25, 0.3) is 0 Å². The second-order valence-electron chi connectivity index (χ2n) is 6.28. The van der Waals surface area contributed by atoms with Crippen LogP contribution in [0.3, 0.4) is 0 Å². The van der Waals surface area contributed by atoms with Crippen molar-refractivity contribution in [2.24, 2.45) is 0 Å². The summed E-state index contributed by atoms with van der Waals surface area (Å²) in [7, 11) is 0. The molecule has 7 heteroatoms. The van der Waals surface area contributed by atoms with E-state index in [-0.39, 0.29) is 0 Å². The van der Waals surface area contributed by atoms with Gasteiger partial charge in [-0.1, -0.05) is 35.9 Å². The second-order valence-corrected chi connectivity index (χ2v) is 6.66. The van der Waals surface area contributed by atoms with Crippen LogP contribution in [0.4, 0.5) is 4.79 Å². The van der Waals surface area contributed by atoms with E-state index in [0.717, 1.165) is 26.1 Å². The maximum atomic E-state index is 10.9. The van der Waals surface area contributed by atoms with Crippen LogP contribution in [-0.2, 0) is 13.0 Å². The molecular weight excluding hydrogens is 354 g/mol. The Labute approximate surface area is 158 Å². The minimum Gasteiger partial charge on any atom is -0.492 e. The van der Waals surface area contributed by atoms with E-state index in [1.807, 2.05) is 6.07 Å². The molecule has 0 bridgehead atoms. The molecule has 1 aliphatic rings. The number of piperazine rings is 1. The highest BCUT2D eigenvalue weighted by atomic mass is 35.5. The van der Waals surface area contributed by atoms with E-state index in [2.05, 4.69) is 34.1 Å². The number of halogens is 1. The van der Waals surface area contributed by atoms with Crippen molar-refractivity contribution in [1.29, 1.82) is 0 Å². The molecule has 3 rings (SSSR count). The summed E-state index contributed by atoms with van der Waals surface area (Å²) in [5, 5.41) is 9.44. The first-order valence-corrected chi connectivity index (χ1v) is 9.00. The van der Waals surface area contributed by atoms with Crippen LogP contribution in [0.5, 0.6) is 5.75 Å². The fraction of sp³-hybridized carbons (Fsp3) is 0.368. The number of hydrogen-bond donors (Lipinski definition) is 1. The Bertz CT molecular complexity index is 714. The van der Waals surface area contributed by atoms with Gasteiger partial charge in [0.15, 0.2) is 0 Å². The average Bonchev–Trinajstić information content (AvgIpc) is 2.65. The van der Waals surface area contributed by atoms with Crippen LogP contribution in [0.15, 0.2) is 42.6 Å². The highest BCUT2D eigenvalue weighted by Crippen LogP contribution is 2.14. The molecule has 0 saturated carbocycles. The van der Waals surface area contributed by atoms with Crippen LogP contribution in [0, 0.1) is 0 Å². The van der Waals surface area contributed by atoms with Gasteiger partial charge < -0.3 is 14.7 Å². The average molecular weight is 376 g/mol. The third-order valence-corrected chi connectivity index (χ3v) is 4.66. The molecule has 0 aliphatic carbocycles. The van der Waals surface area contributed by atoms with Gasteiger partial charge in [-0.3, -0.25) is 4.90 Å². The van der Waals surface area contributed by atoms with Crippen LogP contribution in [-0.4, -0.2) is 58.8 Å². The summed E-state index contributed by atoms with van der Waals surface area (Å²) in [4.78, 5) is 18.7. The van der Waals surface area contributed by atoms with Gasteiger partial charge in [0, 0.05) is 39.1 Å². The van der Waals surface area contributed by atoms with Crippen molar-refractivity contribution in [1.82, 2.24) is 14.8 Å². The largest absolute Gasteiger partial charge is 0.492 e. The Hall–Kier alpha value is -2.31. The topological polar surface area (TPSA) is 65.9 Å². The predicted octanol–water partition coefficient (Wildman–Crippen LogP) is 3.15. The van der Waals surface area contributed by atoms with Gasteiger partial charge in [-0.05, 0) is 23.3 Å². The van der Waals surface area contributed by atoms with E-state index in [4.69, 9.17) is 21.4 Å². The predicted molar refractivity (Wildman–Crippen MR) is 99.8 cm³/mol. The zero-order valence-electron chi connectivity index (χ0n) is 14.5. The number of aromatic nitrogens is 1. The van der Waals surface area contributed by atoms with Gasteiger partial charge in [-0.25, -0.2) is 9.78 Å². The molecule has 1 N–H and O–H groups in total. The Kier molecular flexibility index (Phi) is 6.30. The van der Waals surface area contributed by atoms with Gasteiger partial charge >= 0.3 is 6.09 Å². The minimum absolute atomic E-state index is 0.456. The highest BCUT2D eigenvalue weighted by Gasteiger charge is 2.20. The van der Waals surface area contributed by atoms with Crippen LogP contribution in [0.1, 0.15) is 11.1 Å². The Morgan fingerprint density at radius 2 is 1.77 bits per heavy atom. The number of carbonyl (C=O) groups is 1. The summed E-state index contributed by atoms with van der Waals surface area (Å²) < 4.78 is 5.66. The molecule has 1 aromatic carbocycles. The lowest BCUT2D eigenvalue weighted by molar-refractivity contribution is 0.103. The Balaban J connectivity index is 1.42. The molecule has 0 radical (unpaired) electrons. The number of nitrogens with zero attached hydrogens (tertiary/aromatic N) is 3. The molecule has 0 atom stereocenters. The minimum atomic E-state index is -0.828. The number of ether oxygens (including phenoxy) is 1. The lowest BCUT2D eigenvalue weighted by atomic mass is 10.1. The van der Waals surface area contributed by atoms with Crippen molar-refractivity contribution in [3.05, 3.63) is 58.9 Å². The smallest absolute Gasteiger partial charge is 0.407 e. The van der Waals surface area contributed by atoms with E-state index in [9.17, 15) is 4.79 Å². The summed E-state index contributed by atoms with van der Waals surface area (Å²) in [6, 6.07) is 12.0.